The van der Waals surface area contributed by atoms with Gasteiger partial charge in [-0.25, -0.2) is 9.97 Å². The molecule has 0 bridgehead atoms. The second-order valence-electron chi connectivity index (χ2n) is 2.92. The third-order valence-corrected chi connectivity index (χ3v) is 1.92. The standard InChI is InChI=1S/C11H11N3O/c1-12-9-2-4-10(5-3-9)15-11-6-7-13-8-14-11/h2-8,12H,1H3. The maximum Gasteiger partial charge on any atom is 0.222 e. The molecule has 0 saturated heterocycles. The average Bonchev–Trinajstić information content (AvgIpc) is 2.31. The summed E-state index contributed by atoms with van der Waals surface area (Å²) in [5, 5.41) is 3.04. The largest absolute Gasteiger partial charge is 0.439 e. The average molecular weight is 201 g/mol. The molecule has 0 aliphatic carbocycles. The first-order valence-electron chi connectivity index (χ1n) is 4.60. The molecule has 1 heterocycles. The monoisotopic (exact) mass is 201 g/mol. The highest BCUT2D eigenvalue weighted by atomic mass is 16.5. The number of rotatable bonds is 3. The van der Waals surface area contributed by atoms with Gasteiger partial charge in [-0.3, -0.25) is 0 Å². The van der Waals surface area contributed by atoms with Crippen LogP contribution in [-0.2, 0) is 0 Å². The van der Waals surface area contributed by atoms with Gasteiger partial charge in [0.2, 0.25) is 5.88 Å². The highest BCUT2D eigenvalue weighted by Gasteiger charge is 1.96. The van der Waals surface area contributed by atoms with Crippen LogP contribution in [0.2, 0.25) is 0 Å². The molecular weight excluding hydrogens is 190 g/mol. The van der Waals surface area contributed by atoms with Crippen LogP contribution in [0.4, 0.5) is 5.69 Å². The third-order valence-electron chi connectivity index (χ3n) is 1.92. The maximum atomic E-state index is 5.50. The van der Waals surface area contributed by atoms with Crippen LogP contribution in [0.15, 0.2) is 42.9 Å². The molecule has 15 heavy (non-hydrogen) atoms. The van der Waals surface area contributed by atoms with Crippen LogP contribution in [0, 0.1) is 0 Å². The fourth-order valence-electron chi connectivity index (χ4n) is 1.15. The normalized spacial score (nSPS) is 9.67. The van der Waals surface area contributed by atoms with Crippen molar-refractivity contribution in [2.24, 2.45) is 0 Å². The molecule has 0 atom stereocenters. The van der Waals surface area contributed by atoms with Crippen LogP contribution < -0.4 is 10.1 Å². The Morgan fingerprint density at radius 3 is 2.53 bits per heavy atom. The Kier molecular flexibility index (Phi) is 2.78. The van der Waals surface area contributed by atoms with E-state index in [-0.39, 0.29) is 0 Å². The van der Waals surface area contributed by atoms with Crippen LogP contribution in [0.1, 0.15) is 0 Å². The molecule has 0 radical (unpaired) electrons. The zero-order valence-electron chi connectivity index (χ0n) is 8.34. The van der Waals surface area contributed by atoms with E-state index in [1.165, 1.54) is 6.33 Å². The maximum absolute atomic E-state index is 5.50. The fraction of sp³-hybridized carbons (Fsp3) is 0.0909. The number of ether oxygens (including phenoxy) is 1. The highest BCUT2D eigenvalue weighted by Crippen LogP contribution is 2.20. The number of anilines is 1. The van der Waals surface area contributed by atoms with Crippen molar-refractivity contribution in [3.8, 4) is 11.6 Å². The molecule has 0 aliphatic heterocycles. The molecule has 76 valence electrons. The first kappa shape index (κ1) is 9.45. The Morgan fingerprint density at radius 1 is 1.13 bits per heavy atom. The molecule has 2 rings (SSSR count). The summed E-state index contributed by atoms with van der Waals surface area (Å²) in [5.74, 6) is 1.30. The van der Waals surface area contributed by atoms with Crippen LogP contribution >= 0.6 is 0 Å². The van der Waals surface area contributed by atoms with Gasteiger partial charge in [0, 0.05) is 25.0 Å². The fourth-order valence-corrected chi connectivity index (χ4v) is 1.15. The molecule has 1 N–H and O–H groups in total. The molecule has 1 aromatic carbocycles. The topological polar surface area (TPSA) is 47.0 Å². The Hall–Kier alpha value is -2.10. The number of aromatic nitrogens is 2. The second kappa shape index (κ2) is 4.41. The summed E-state index contributed by atoms with van der Waals surface area (Å²) >= 11 is 0. The van der Waals surface area contributed by atoms with Crippen LogP contribution in [0.5, 0.6) is 11.6 Å². The van der Waals surface area contributed by atoms with Crippen LogP contribution in [0.25, 0.3) is 0 Å². The lowest BCUT2D eigenvalue weighted by Crippen LogP contribution is -1.89. The van der Waals surface area contributed by atoms with E-state index < -0.39 is 0 Å². The zero-order chi connectivity index (χ0) is 10.5. The molecule has 0 aliphatic rings. The summed E-state index contributed by atoms with van der Waals surface area (Å²) in [6.45, 7) is 0. The molecule has 0 spiro atoms. The third kappa shape index (κ3) is 2.43. The Morgan fingerprint density at radius 2 is 1.93 bits per heavy atom. The smallest absolute Gasteiger partial charge is 0.222 e. The minimum Gasteiger partial charge on any atom is -0.439 e. The van der Waals surface area contributed by atoms with Crippen molar-refractivity contribution in [1.29, 1.82) is 0 Å². The van der Waals surface area contributed by atoms with Crippen molar-refractivity contribution in [2.45, 2.75) is 0 Å². The van der Waals surface area contributed by atoms with E-state index in [0.29, 0.717) is 5.88 Å². The van der Waals surface area contributed by atoms with Crippen molar-refractivity contribution in [3.05, 3.63) is 42.9 Å². The molecular formula is C11H11N3O. The van der Waals surface area contributed by atoms with Crippen molar-refractivity contribution in [2.75, 3.05) is 12.4 Å². The van der Waals surface area contributed by atoms with Gasteiger partial charge in [0.05, 0.1) is 0 Å². The van der Waals surface area contributed by atoms with Gasteiger partial charge in [-0.05, 0) is 24.3 Å². The van der Waals surface area contributed by atoms with Gasteiger partial charge in [-0.15, -0.1) is 0 Å². The first-order chi connectivity index (χ1) is 7.38. The molecule has 0 amide bonds. The Labute approximate surface area is 88.0 Å². The van der Waals surface area contributed by atoms with Gasteiger partial charge in [-0.2, -0.15) is 0 Å². The van der Waals surface area contributed by atoms with Gasteiger partial charge in [0.1, 0.15) is 12.1 Å². The predicted octanol–water partition coefficient (Wildman–Crippen LogP) is 2.31. The molecule has 4 heteroatoms. The number of nitrogens with zero attached hydrogens (tertiary/aromatic N) is 2. The summed E-state index contributed by atoms with van der Waals surface area (Å²) < 4.78 is 5.50. The van der Waals surface area contributed by atoms with Crippen molar-refractivity contribution >= 4 is 5.69 Å². The number of nitrogens with one attached hydrogen (secondary N) is 1. The van der Waals surface area contributed by atoms with E-state index in [1.807, 2.05) is 31.3 Å². The number of hydrogen-bond acceptors (Lipinski definition) is 4. The van der Waals surface area contributed by atoms with Crippen LogP contribution in [-0.4, -0.2) is 17.0 Å². The molecule has 0 saturated carbocycles. The zero-order valence-corrected chi connectivity index (χ0v) is 8.34. The first-order valence-corrected chi connectivity index (χ1v) is 4.60. The van der Waals surface area contributed by atoms with E-state index in [2.05, 4.69) is 15.3 Å². The van der Waals surface area contributed by atoms with Gasteiger partial charge in [0.25, 0.3) is 0 Å². The van der Waals surface area contributed by atoms with Crippen LogP contribution in [0.3, 0.4) is 0 Å². The van der Waals surface area contributed by atoms with Gasteiger partial charge in [-0.1, -0.05) is 0 Å². The van der Waals surface area contributed by atoms with Gasteiger partial charge < -0.3 is 10.1 Å². The van der Waals surface area contributed by atoms with E-state index in [1.54, 1.807) is 12.3 Å². The summed E-state index contributed by atoms with van der Waals surface area (Å²) in [5.41, 5.74) is 1.05. The SMILES string of the molecule is CNc1ccc(Oc2ccncn2)cc1. The number of hydrogen-bond donors (Lipinski definition) is 1. The molecule has 1 aromatic heterocycles. The van der Waals surface area contributed by atoms with Gasteiger partial charge in [0.15, 0.2) is 0 Å². The quantitative estimate of drug-likeness (QED) is 0.827. The van der Waals surface area contributed by atoms with Crippen molar-refractivity contribution in [1.82, 2.24) is 9.97 Å². The highest BCUT2D eigenvalue weighted by molar-refractivity contribution is 5.46. The van der Waals surface area contributed by atoms with Crippen molar-refractivity contribution in [3.63, 3.8) is 0 Å². The molecule has 0 unspecified atom stereocenters. The summed E-state index contributed by atoms with van der Waals surface area (Å²) in [6.07, 6.45) is 3.10. The molecule has 4 nitrogen and oxygen atoms in total. The minimum atomic E-state index is 0.544. The Balaban J connectivity index is 2.11. The summed E-state index contributed by atoms with van der Waals surface area (Å²) in [4.78, 5) is 7.78. The van der Waals surface area contributed by atoms with E-state index in [9.17, 15) is 0 Å². The van der Waals surface area contributed by atoms with Crippen molar-refractivity contribution < 1.29 is 4.74 Å². The summed E-state index contributed by atoms with van der Waals surface area (Å²) in [7, 11) is 1.88. The second-order valence-corrected chi connectivity index (χ2v) is 2.92. The lowest BCUT2D eigenvalue weighted by molar-refractivity contribution is 0.461. The lowest BCUT2D eigenvalue weighted by Gasteiger charge is -2.04. The van der Waals surface area contributed by atoms with E-state index in [0.717, 1.165) is 11.4 Å². The molecule has 0 fully saturated rings. The lowest BCUT2D eigenvalue weighted by atomic mass is 10.3. The Bertz CT molecular complexity index is 414. The minimum absolute atomic E-state index is 0.544. The number of benzene rings is 1. The molecule has 2 aromatic rings. The predicted molar refractivity (Wildman–Crippen MR) is 58.1 cm³/mol. The van der Waals surface area contributed by atoms with E-state index in [4.69, 9.17) is 4.74 Å². The van der Waals surface area contributed by atoms with Gasteiger partial charge >= 0.3 is 0 Å². The van der Waals surface area contributed by atoms with E-state index >= 15 is 0 Å². The summed E-state index contributed by atoms with van der Waals surface area (Å²) in [6, 6.07) is 9.36.